The van der Waals surface area contributed by atoms with Crippen LogP contribution in [0.4, 0.5) is 0 Å². The molecule has 1 aliphatic heterocycles. The summed E-state index contributed by atoms with van der Waals surface area (Å²) in [7, 11) is 4.54. The number of fused-ring (bicyclic) bond motifs is 8. The van der Waals surface area contributed by atoms with E-state index in [1.54, 1.807) is 36.4 Å². The summed E-state index contributed by atoms with van der Waals surface area (Å²) < 4.78 is 118. The standard InChI is InChI=1S/C77H78N4O25S/c1-85-37-88-40-91-43-94-46-97-49-100-52-104-60-10-4-7-55(33-60)13-20-63-66-23-24-67(78-66)64(21-14-56-8-5-11-61(34-56)105-53-101-50-98-47-95-44-92-41-89-38-86-2)69-27-28-71(80-69)77(58-16-18-59(19-17-58)103-36-76(84)81-74(82)31-32-75(81)83)73-30-29-72(107-73)65(70-26-25-68(63)79-70)22-15-57-9-6-12-62(35-57)106-54-102-51-99-48-96-45-93-42-90-39-87-3/h4-12,16-19,23-35,78-80,82-83H,36-54H2,1-3H3. The average molecular weight is 1490 g/mol. The highest BCUT2D eigenvalue weighted by atomic mass is 32.1. The summed E-state index contributed by atoms with van der Waals surface area (Å²) in [4.78, 5) is 25.9. The van der Waals surface area contributed by atoms with E-state index in [0.717, 1.165) is 30.8 Å². The van der Waals surface area contributed by atoms with E-state index in [1.165, 1.54) is 44.8 Å². The van der Waals surface area contributed by atoms with Gasteiger partial charge in [0, 0.05) is 70.8 Å². The number of aromatic hydroxyl groups is 2. The number of aromatic amines is 3. The Morgan fingerprint density at radius 1 is 0.346 bits per heavy atom. The number of carbonyl (C=O) groups is 1. The molecule has 0 radical (unpaired) electrons. The van der Waals surface area contributed by atoms with E-state index in [1.807, 2.05) is 109 Å². The molecule has 1 aliphatic rings. The molecule has 0 saturated carbocycles. The van der Waals surface area contributed by atoms with Crippen LogP contribution in [0.15, 0.2) is 158 Å². The second-order valence-corrected chi connectivity index (χ2v) is 23.0. The van der Waals surface area contributed by atoms with Gasteiger partial charge in [-0.15, -0.1) is 11.3 Å². The molecule has 0 aliphatic carbocycles. The highest BCUT2D eigenvalue weighted by molar-refractivity contribution is 7.14. The van der Waals surface area contributed by atoms with Gasteiger partial charge in [-0.2, -0.15) is 0 Å². The number of nitrogens with zero attached hydrogens (tertiary/aromatic N) is 1. The zero-order chi connectivity index (χ0) is 74.3. The zero-order valence-electron chi connectivity index (χ0n) is 58.6. The normalized spacial score (nSPS) is 11.8. The number of ether oxygens (including phenoxy) is 22. The minimum atomic E-state index is -0.676. The molecule has 10 rings (SSSR count). The summed E-state index contributed by atoms with van der Waals surface area (Å²) in [5, 5.41) is 23.2. The molecule has 6 heterocycles. The van der Waals surface area contributed by atoms with E-state index >= 15 is 0 Å². The van der Waals surface area contributed by atoms with Crippen LogP contribution in [0.3, 0.4) is 0 Å². The van der Waals surface area contributed by atoms with Crippen molar-refractivity contribution in [1.82, 2.24) is 19.5 Å². The molecule has 8 bridgehead atoms. The highest BCUT2D eigenvalue weighted by Crippen LogP contribution is 2.32. The van der Waals surface area contributed by atoms with Crippen molar-refractivity contribution in [3.63, 3.8) is 0 Å². The summed E-state index contributed by atoms with van der Waals surface area (Å²) >= 11 is 1.52. The quantitative estimate of drug-likeness (QED) is 0.0154. The molecule has 0 atom stereocenters. The maximum Gasteiger partial charge on any atom is 0.274 e. The van der Waals surface area contributed by atoms with Crippen LogP contribution in [0, 0.1) is 35.5 Å². The lowest BCUT2D eigenvalue weighted by atomic mass is 10.0. The van der Waals surface area contributed by atoms with Gasteiger partial charge in [0.2, 0.25) is 11.8 Å². The second kappa shape index (κ2) is 44.5. The van der Waals surface area contributed by atoms with Gasteiger partial charge < -0.3 is 129 Å². The minimum absolute atomic E-state index is 0.00736. The number of hydrogen-bond acceptors (Lipinski definition) is 26. The van der Waals surface area contributed by atoms with Gasteiger partial charge in [0.1, 0.15) is 43.4 Å². The number of carbonyl (C=O) groups excluding carboxylic acids is 1. The van der Waals surface area contributed by atoms with Crippen LogP contribution in [0.2, 0.25) is 0 Å². The molecule has 4 aromatic carbocycles. The van der Waals surface area contributed by atoms with Crippen molar-refractivity contribution in [2.24, 2.45) is 0 Å². The van der Waals surface area contributed by atoms with Gasteiger partial charge in [-0.25, -0.2) is 4.57 Å². The van der Waals surface area contributed by atoms with E-state index < -0.39 is 24.3 Å². The molecule has 0 saturated heterocycles. The van der Waals surface area contributed by atoms with E-state index in [-0.39, 0.29) is 122 Å². The van der Waals surface area contributed by atoms with Crippen molar-refractivity contribution >= 4 is 39.5 Å². The topological polar surface area (TPSA) is 313 Å². The number of rotatable bonds is 43. The van der Waals surface area contributed by atoms with Crippen LogP contribution in [0.1, 0.15) is 48.2 Å². The van der Waals surface area contributed by atoms with Crippen LogP contribution in [0.25, 0.3) is 22.3 Å². The number of thiophene rings is 1. The number of methoxy groups -OCH3 is 3. The van der Waals surface area contributed by atoms with Crippen molar-refractivity contribution < 1.29 is 119 Å². The predicted octanol–water partition coefficient (Wildman–Crippen LogP) is 6.54. The zero-order valence-corrected chi connectivity index (χ0v) is 59.4. The van der Waals surface area contributed by atoms with E-state index in [9.17, 15) is 15.0 Å². The Hall–Kier alpha value is -10.4. The highest BCUT2D eigenvalue weighted by Gasteiger charge is 2.19. The number of aromatic nitrogens is 4. The Morgan fingerprint density at radius 3 is 1.11 bits per heavy atom. The van der Waals surface area contributed by atoms with Gasteiger partial charge >= 0.3 is 0 Å². The third-order valence-electron chi connectivity index (χ3n) is 14.4. The SMILES string of the molecule is COCOCOCOCOCOCOc1cccc(C#CC2=c3ccc([nH]3)=C(C#Cc3cccc(OCOCOCOCOCOCOC)c3)c3ccc(s3)C(c3ccc(OCC(=O)n4c(O)ccc4O)cc3)=c3ccc([nH]3)=C(C#Cc3cccc(OCOCOCOCOCOCOC)c3)c3ccc2[nH]3)c1. The smallest absolute Gasteiger partial charge is 0.274 e. The predicted molar refractivity (Wildman–Crippen MR) is 381 cm³/mol. The van der Waals surface area contributed by atoms with E-state index in [2.05, 4.69) is 50.5 Å². The molecule has 0 amide bonds. The van der Waals surface area contributed by atoms with Gasteiger partial charge in [-0.1, -0.05) is 65.9 Å². The van der Waals surface area contributed by atoms with Gasteiger partial charge in [-0.05, 0) is 121 Å². The average Bonchev–Trinajstić information content (AvgIpc) is 1.64. The summed E-state index contributed by atoms with van der Waals surface area (Å²) in [5.74, 6) is 21.0. The van der Waals surface area contributed by atoms with Crippen molar-refractivity contribution in [2.75, 3.05) is 150 Å². The number of H-pyrrole nitrogens is 3. The van der Waals surface area contributed by atoms with E-state index in [0.29, 0.717) is 83.8 Å². The second-order valence-electron chi connectivity index (χ2n) is 21.9. The first kappa shape index (κ1) is 79.2. The molecule has 0 fully saturated rings. The Labute approximate surface area is 618 Å². The molecule has 5 N–H and O–H groups in total. The number of hydrogen-bond donors (Lipinski definition) is 5. The van der Waals surface area contributed by atoms with Crippen LogP contribution < -0.4 is 40.3 Å². The minimum Gasteiger partial charge on any atom is -0.494 e. The Balaban J connectivity index is 0.984. The van der Waals surface area contributed by atoms with Crippen LogP contribution in [-0.2, 0) is 85.3 Å². The Bertz CT molecular complexity index is 4700. The molecule has 30 heteroatoms. The van der Waals surface area contributed by atoms with Crippen molar-refractivity contribution in [1.29, 1.82) is 0 Å². The summed E-state index contributed by atoms with van der Waals surface area (Å²) in [6.07, 6.45) is 0. The number of benzene rings is 4. The Kier molecular flexibility index (Phi) is 33.0. The largest absolute Gasteiger partial charge is 0.494 e. The lowest BCUT2D eigenvalue weighted by Gasteiger charge is -2.10. The molecule has 0 unspecified atom stereocenters. The maximum absolute atomic E-state index is 13.1. The summed E-state index contributed by atoms with van der Waals surface area (Å²) in [5.41, 5.74) is 6.72. The fourth-order valence-corrected chi connectivity index (χ4v) is 10.8. The molecule has 9 aromatic rings. The molecular weight excluding hydrogens is 1410 g/mol. The first-order chi connectivity index (χ1) is 52.7. The van der Waals surface area contributed by atoms with Crippen molar-refractivity contribution in [3.8, 4) is 70.3 Å². The van der Waals surface area contributed by atoms with Crippen molar-refractivity contribution in [2.45, 2.75) is 0 Å². The van der Waals surface area contributed by atoms with Crippen LogP contribution in [0.5, 0.6) is 34.8 Å². The third kappa shape index (κ3) is 25.7. The first-order valence-electron chi connectivity index (χ1n) is 32.6. The molecule has 29 nitrogen and oxygen atoms in total. The molecule has 0 spiro atoms. The fraction of sp³-hybridized carbons (Fsp3) is 0.286. The molecule has 5 aromatic heterocycles. The van der Waals surface area contributed by atoms with Gasteiger partial charge in [0.25, 0.3) is 5.91 Å². The monoisotopic (exact) mass is 1490 g/mol. The lowest BCUT2D eigenvalue weighted by molar-refractivity contribution is -0.209. The Morgan fingerprint density at radius 2 is 0.701 bits per heavy atom. The van der Waals surface area contributed by atoms with Gasteiger partial charge in [0.05, 0.1) is 44.2 Å². The molecule has 107 heavy (non-hydrogen) atoms. The fourth-order valence-electron chi connectivity index (χ4n) is 9.71. The lowest BCUT2D eigenvalue weighted by Crippen LogP contribution is -2.18. The summed E-state index contributed by atoms with van der Waals surface area (Å²) in [6, 6.07) is 47.5. The summed E-state index contributed by atoms with van der Waals surface area (Å²) in [6.45, 7) is -1.18. The maximum atomic E-state index is 13.1. The molecular formula is C77H78N4O25S. The number of nitrogens with one attached hydrogen (secondary N) is 3. The van der Waals surface area contributed by atoms with E-state index in [4.69, 9.17) is 104 Å². The third-order valence-corrected chi connectivity index (χ3v) is 15.5. The van der Waals surface area contributed by atoms with Gasteiger partial charge in [-0.3, -0.25) is 4.79 Å². The van der Waals surface area contributed by atoms with Crippen LogP contribution in [-0.4, -0.2) is 186 Å². The van der Waals surface area contributed by atoms with Crippen molar-refractivity contribution in [3.05, 3.63) is 223 Å². The first-order valence-corrected chi connectivity index (χ1v) is 33.5. The van der Waals surface area contributed by atoms with Crippen LogP contribution >= 0.6 is 11.3 Å². The molecule has 562 valence electrons. The van der Waals surface area contributed by atoms with Gasteiger partial charge in [0.15, 0.2) is 109 Å².